The molecule has 0 amide bonds. The van der Waals surface area contributed by atoms with Gasteiger partial charge < -0.3 is 9.13 Å². The third-order valence-electron chi connectivity index (χ3n) is 11.0. The summed E-state index contributed by atoms with van der Waals surface area (Å²) in [6.07, 6.45) is 0. The zero-order valence-corrected chi connectivity index (χ0v) is 31.2. The summed E-state index contributed by atoms with van der Waals surface area (Å²) in [6.45, 7) is 0. The van der Waals surface area contributed by atoms with E-state index in [1.807, 2.05) is 72.8 Å². The number of hydrogen-bond donors (Lipinski definition) is 0. The Morgan fingerprint density at radius 1 is 0.362 bits per heavy atom. The van der Waals surface area contributed by atoms with Crippen LogP contribution >= 0.6 is 0 Å². The normalized spacial score (nSPS) is 11.4. The summed E-state index contributed by atoms with van der Waals surface area (Å²) in [6, 6.07) is 69.0. The van der Waals surface area contributed by atoms with E-state index < -0.39 is 0 Å². The van der Waals surface area contributed by atoms with Gasteiger partial charge in [-0.2, -0.15) is 5.26 Å². The molecular formula is C52H32N6. The van der Waals surface area contributed by atoms with Gasteiger partial charge >= 0.3 is 0 Å². The van der Waals surface area contributed by atoms with Crippen molar-refractivity contribution in [3.8, 4) is 62.7 Å². The molecule has 6 nitrogen and oxygen atoms in total. The first-order valence-electron chi connectivity index (χ1n) is 19.3. The Kier molecular flexibility index (Phi) is 7.76. The van der Waals surface area contributed by atoms with Crippen molar-refractivity contribution in [2.75, 3.05) is 0 Å². The number of nitrogens with zero attached hydrogens (tertiary/aromatic N) is 6. The Bertz CT molecular complexity index is 3240. The molecule has 58 heavy (non-hydrogen) atoms. The lowest BCUT2D eigenvalue weighted by molar-refractivity contribution is 1.07. The van der Waals surface area contributed by atoms with Gasteiger partial charge in [0, 0.05) is 49.5 Å². The summed E-state index contributed by atoms with van der Waals surface area (Å²) in [5.74, 6) is 1.69. The summed E-state index contributed by atoms with van der Waals surface area (Å²) < 4.78 is 4.57. The van der Waals surface area contributed by atoms with E-state index in [0.29, 0.717) is 23.0 Å². The van der Waals surface area contributed by atoms with Crippen LogP contribution in [0.25, 0.3) is 100 Å². The SMILES string of the molecule is N#Cc1cccc(-c2cc(-n3c4ccccc4c4ccccc43)ccc2-c2nc(-c3ccccc3)nc(-c3ccccc3)n2)c1-n1c2ccccc2c2ccccc21. The molecule has 270 valence electrons. The lowest BCUT2D eigenvalue weighted by Crippen LogP contribution is -2.05. The van der Waals surface area contributed by atoms with Crippen LogP contribution in [0.5, 0.6) is 0 Å². The van der Waals surface area contributed by atoms with Crippen molar-refractivity contribution in [1.29, 1.82) is 5.26 Å². The van der Waals surface area contributed by atoms with Gasteiger partial charge in [-0.25, -0.2) is 15.0 Å². The molecule has 0 spiro atoms. The van der Waals surface area contributed by atoms with Crippen LogP contribution in [-0.4, -0.2) is 24.1 Å². The molecular weight excluding hydrogens is 709 g/mol. The smallest absolute Gasteiger partial charge is 0.164 e. The summed E-state index contributed by atoms with van der Waals surface area (Å²) >= 11 is 0. The molecule has 0 N–H and O–H groups in total. The fraction of sp³-hybridized carbons (Fsp3) is 0. The maximum Gasteiger partial charge on any atom is 0.164 e. The van der Waals surface area contributed by atoms with Crippen LogP contribution in [0.2, 0.25) is 0 Å². The van der Waals surface area contributed by atoms with Gasteiger partial charge in [-0.3, -0.25) is 0 Å². The van der Waals surface area contributed by atoms with Crippen LogP contribution in [0.15, 0.2) is 194 Å². The number of benzene rings is 8. The van der Waals surface area contributed by atoms with E-state index in [1.54, 1.807) is 0 Å². The Morgan fingerprint density at radius 3 is 1.31 bits per heavy atom. The maximum absolute atomic E-state index is 10.9. The minimum Gasteiger partial charge on any atom is -0.309 e. The lowest BCUT2D eigenvalue weighted by Gasteiger charge is -2.20. The Labute approximate surface area is 334 Å². The average Bonchev–Trinajstić information content (AvgIpc) is 3.82. The molecule has 0 radical (unpaired) electrons. The zero-order chi connectivity index (χ0) is 38.6. The first-order chi connectivity index (χ1) is 28.7. The molecule has 0 atom stereocenters. The molecule has 8 aromatic carbocycles. The Hall–Kier alpha value is -8.14. The number of aromatic nitrogens is 5. The molecule has 0 saturated heterocycles. The van der Waals surface area contributed by atoms with Crippen LogP contribution < -0.4 is 0 Å². The number of rotatable bonds is 6. The van der Waals surface area contributed by atoms with Gasteiger partial charge in [0.25, 0.3) is 0 Å². The number of para-hydroxylation sites is 5. The van der Waals surface area contributed by atoms with Crippen LogP contribution in [0.4, 0.5) is 0 Å². The first-order valence-corrected chi connectivity index (χ1v) is 19.3. The van der Waals surface area contributed by atoms with E-state index in [1.165, 1.54) is 10.8 Å². The first kappa shape index (κ1) is 33.2. The van der Waals surface area contributed by atoms with Crippen LogP contribution in [0.1, 0.15) is 5.56 Å². The van der Waals surface area contributed by atoms with E-state index in [-0.39, 0.29) is 0 Å². The standard InChI is InChI=1S/C52H32N6/c53-33-36-20-15-25-42(49(36)58-47-28-13-9-23-40(47)41-24-10-14-29-48(41)58)44-32-37(57-45-26-11-7-21-38(45)39-22-8-12-27-46(39)57)30-31-43(44)52-55-50(34-16-3-1-4-17-34)54-51(56-52)35-18-5-2-6-19-35/h1-32H. The van der Waals surface area contributed by atoms with Crippen LogP contribution in [-0.2, 0) is 0 Å². The predicted octanol–water partition coefficient (Wildman–Crippen LogP) is 12.6. The third kappa shape index (κ3) is 5.30. The molecule has 11 aromatic rings. The van der Waals surface area contributed by atoms with Crippen LogP contribution in [0.3, 0.4) is 0 Å². The molecule has 0 bridgehead atoms. The molecule has 0 unspecified atom stereocenters. The molecule has 0 saturated carbocycles. The number of fused-ring (bicyclic) bond motifs is 6. The number of hydrogen-bond acceptors (Lipinski definition) is 4. The fourth-order valence-electron chi connectivity index (χ4n) is 8.47. The molecule has 0 aliphatic carbocycles. The minimum absolute atomic E-state index is 0.534. The fourth-order valence-corrected chi connectivity index (χ4v) is 8.47. The summed E-state index contributed by atoms with van der Waals surface area (Å²) in [7, 11) is 0. The lowest BCUT2D eigenvalue weighted by atomic mass is 9.94. The molecule has 11 rings (SSSR count). The van der Waals surface area contributed by atoms with Crippen molar-refractivity contribution >= 4 is 43.6 Å². The highest BCUT2D eigenvalue weighted by Gasteiger charge is 2.24. The van der Waals surface area contributed by atoms with Crippen molar-refractivity contribution in [3.05, 3.63) is 200 Å². The third-order valence-corrected chi connectivity index (χ3v) is 11.0. The second-order valence-corrected chi connectivity index (χ2v) is 14.3. The zero-order valence-electron chi connectivity index (χ0n) is 31.2. The van der Waals surface area contributed by atoms with Gasteiger partial charge in [-0.1, -0.05) is 146 Å². The topological polar surface area (TPSA) is 72.3 Å². The van der Waals surface area contributed by atoms with E-state index >= 15 is 0 Å². The maximum atomic E-state index is 10.9. The molecule has 3 aromatic heterocycles. The molecule has 6 heteroatoms. The molecule has 3 heterocycles. The summed E-state index contributed by atoms with van der Waals surface area (Å²) in [4.78, 5) is 15.4. The monoisotopic (exact) mass is 740 g/mol. The van der Waals surface area contributed by atoms with Crippen molar-refractivity contribution in [2.24, 2.45) is 0 Å². The van der Waals surface area contributed by atoms with Crippen molar-refractivity contribution in [3.63, 3.8) is 0 Å². The highest BCUT2D eigenvalue weighted by molar-refractivity contribution is 6.11. The van der Waals surface area contributed by atoms with Gasteiger partial charge in [-0.05, 0) is 54.1 Å². The highest BCUT2D eigenvalue weighted by Crippen LogP contribution is 2.43. The quantitative estimate of drug-likeness (QED) is 0.170. The van der Waals surface area contributed by atoms with E-state index in [4.69, 9.17) is 15.0 Å². The second-order valence-electron chi connectivity index (χ2n) is 14.3. The molecule has 0 aliphatic heterocycles. The Morgan fingerprint density at radius 2 is 0.810 bits per heavy atom. The highest BCUT2D eigenvalue weighted by atomic mass is 15.0. The Balaban J connectivity index is 1.26. The van der Waals surface area contributed by atoms with Crippen molar-refractivity contribution in [2.45, 2.75) is 0 Å². The van der Waals surface area contributed by atoms with Gasteiger partial charge in [0.05, 0.1) is 33.3 Å². The van der Waals surface area contributed by atoms with Gasteiger partial charge in [0.1, 0.15) is 6.07 Å². The summed E-state index contributed by atoms with van der Waals surface area (Å²) in [5.41, 5.74) is 11.0. The van der Waals surface area contributed by atoms with Gasteiger partial charge in [0.15, 0.2) is 17.5 Å². The van der Waals surface area contributed by atoms with Gasteiger partial charge in [-0.15, -0.1) is 0 Å². The minimum atomic E-state index is 0.534. The van der Waals surface area contributed by atoms with Crippen molar-refractivity contribution in [1.82, 2.24) is 24.1 Å². The molecule has 0 aliphatic rings. The van der Waals surface area contributed by atoms with E-state index in [2.05, 4.69) is 137 Å². The van der Waals surface area contributed by atoms with E-state index in [0.717, 1.165) is 72.0 Å². The average molecular weight is 741 g/mol. The van der Waals surface area contributed by atoms with E-state index in [9.17, 15) is 5.26 Å². The van der Waals surface area contributed by atoms with Gasteiger partial charge in [0.2, 0.25) is 0 Å². The predicted molar refractivity (Wildman–Crippen MR) is 235 cm³/mol. The summed E-state index contributed by atoms with van der Waals surface area (Å²) in [5, 5.41) is 15.5. The second kappa shape index (κ2) is 13.6. The number of nitriles is 1. The molecule has 0 fully saturated rings. The van der Waals surface area contributed by atoms with Crippen molar-refractivity contribution < 1.29 is 0 Å². The van der Waals surface area contributed by atoms with Crippen LogP contribution in [0, 0.1) is 11.3 Å². The largest absolute Gasteiger partial charge is 0.309 e.